The molecule has 4 heterocycles. The highest BCUT2D eigenvalue weighted by Crippen LogP contribution is 2.35. The number of nitrogens with zero attached hydrogens (tertiary/aromatic N) is 2. The summed E-state index contributed by atoms with van der Waals surface area (Å²) in [6.45, 7) is 6.50. The van der Waals surface area contributed by atoms with Gasteiger partial charge in [-0.05, 0) is 48.9 Å². The van der Waals surface area contributed by atoms with Crippen molar-refractivity contribution < 1.29 is 9.53 Å². The van der Waals surface area contributed by atoms with Crippen molar-refractivity contribution in [1.82, 2.24) is 9.97 Å². The number of anilines is 1. The standard InChI is InChI=1S/C21H25N3O2S/c1-12(2)17-9-14-4-5-15(26-18(14)10-22-17)8-13(3)16-6-7-19-21(23-16)24-20(25)11-27-19/h6-7,9-10,12-13,15H,4-5,8,11H2,1-3H3,(H,23,24,25). The van der Waals surface area contributed by atoms with Crippen molar-refractivity contribution in [3.8, 4) is 5.75 Å². The van der Waals surface area contributed by atoms with E-state index in [1.807, 2.05) is 6.20 Å². The van der Waals surface area contributed by atoms with E-state index in [9.17, 15) is 4.79 Å². The van der Waals surface area contributed by atoms with Gasteiger partial charge >= 0.3 is 0 Å². The van der Waals surface area contributed by atoms with Crippen LogP contribution in [0.5, 0.6) is 5.75 Å². The highest BCUT2D eigenvalue weighted by Gasteiger charge is 2.25. The highest BCUT2D eigenvalue weighted by molar-refractivity contribution is 8.00. The lowest BCUT2D eigenvalue weighted by atomic mass is 9.93. The maximum Gasteiger partial charge on any atom is 0.235 e. The van der Waals surface area contributed by atoms with Gasteiger partial charge in [0.15, 0.2) is 0 Å². The van der Waals surface area contributed by atoms with Crippen molar-refractivity contribution in [2.45, 2.75) is 62.9 Å². The normalized spacial score (nSPS) is 19.7. The van der Waals surface area contributed by atoms with Crippen LogP contribution >= 0.6 is 11.8 Å². The summed E-state index contributed by atoms with van der Waals surface area (Å²) in [5.74, 6) is 2.79. The molecule has 0 saturated carbocycles. The molecule has 0 aliphatic carbocycles. The van der Waals surface area contributed by atoms with Gasteiger partial charge in [0.05, 0.1) is 22.9 Å². The zero-order chi connectivity index (χ0) is 19.0. The minimum atomic E-state index is 0.0188. The number of nitrogens with one attached hydrogen (secondary N) is 1. The Morgan fingerprint density at radius 3 is 2.96 bits per heavy atom. The van der Waals surface area contributed by atoms with Crippen molar-refractivity contribution in [2.75, 3.05) is 11.1 Å². The van der Waals surface area contributed by atoms with Gasteiger partial charge in [0.1, 0.15) is 11.6 Å². The third-order valence-corrected chi connectivity index (χ3v) is 6.25. The van der Waals surface area contributed by atoms with Gasteiger partial charge in [-0.25, -0.2) is 4.98 Å². The number of carbonyl (C=O) groups excluding carboxylic acids is 1. The average Bonchev–Trinajstić information content (AvgIpc) is 2.66. The van der Waals surface area contributed by atoms with Gasteiger partial charge in [0.25, 0.3) is 0 Å². The summed E-state index contributed by atoms with van der Waals surface area (Å²) in [5, 5.41) is 2.88. The maximum atomic E-state index is 11.6. The van der Waals surface area contributed by atoms with E-state index in [2.05, 4.69) is 54.3 Å². The summed E-state index contributed by atoms with van der Waals surface area (Å²) in [6.07, 6.45) is 4.99. The molecule has 0 radical (unpaired) electrons. The second-order valence-electron chi connectivity index (χ2n) is 7.71. The Balaban J connectivity index is 1.44. The smallest absolute Gasteiger partial charge is 0.235 e. The van der Waals surface area contributed by atoms with Crippen molar-refractivity contribution in [3.63, 3.8) is 0 Å². The first kappa shape index (κ1) is 18.3. The monoisotopic (exact) mass is 383 g/mol. The molecule has 6 heteroatoms. The van der Waals surface area contributed by atoms with Gasteiger partial charge in [-0.15, -0.1) is 11.8 Å². The number of aryl methyl sites for hydroxylation is 1. The van der Waals surface area contributed by atoms with Crippen LogP contribution in [0, 0.1) is 0 Å². The Bertz CT molecular complexity index is 869. The second kappa shape index (κ2) is 7.50. The van der Waals surface area contributed by atoms with Crippen molar-refractivity contribution in [2.24, 2.45) is 0 Å². The molecule has 0 bridgehead atoms. The van der Waals surface area contributed by atoms with Crippen LogP contribution in [0.4, 0.5) is 5.82 Å². The van der Waals surface area contributed by atoms with E-state index in [0.717, 1.165) is 41.3 Å². The van der Waals surface area contributed by atoms with Gasteiger partial charge in [0, 0.05) is 17.3 Å². The molecule has 4 rings (SSSR count). The zero-order valence-electron chi connectivity index (χ0n) is 16.0. The fourth-order valence-electron chi connectivity index (χ4n) is 3.61. The molecular weight excluding hydrogens is 358 g/mol. The molecule has 0 saturated heterocycles. The number of hydrogen-bond acceptors (Lipinski definition) is 5. The number of aromatic nitrogens is 2. The summed E-state index contributed by atoms with van der Waals surface area (Å²) in [5.41, 5.74) is 3.39. The Morgan fingerprint density at radius 1 is 1.30 bits per heavy atom. The number of carbonyl (C=O) groups is 1. The van der Waals surface area contributed by atoms with Gasteiger partial charge in [-0.1, -0.05) is 20.8 Å². The van der Waals surface area contributed by atoms with E-state index in [-0.39, 0.29) is 17.9 Å². The molecule has 27 heavy (non-hydrogen) atoms. The number of hydrogen-bond donors (Lipinski definition) is 1. The molecule has 1 amide bonds. The molecule has 2 aliphatic heterocycles. The number of ether oxygens (including phenoxy) is 1. The molecule has 2 unspecified atom stereocenters. The lowest BCUT2D eigenvalue weighted by Crippen LogP contribution is -2.25. The van der Waals surface area contributed by atoms with Crippen LogP contribution in [0.15, 0.2) is 29.3 Å². The number of rotatable bonds is 4. The molecule has 2 aliphatic rings. The first-order valence-electron chi connectivity index (χ1n) is 9.58. The Hall–Kier alpha value is -2.08. The molecule has 2 aromatic rings. The molecule has 142 valence electrons. The van der Waals surface area contributed by atoms with Crippen molar-refractivity contribution >= 4 is 23.5 Å². The first-order valence-corrected chi connectivity index (χ1v) is 10.6. The van der Waals surface area contributed by atoms with E-state index in [1.165, 1.54) is 5.56 Å². The molecular formula is C21H25N3O2S. The number of pyridine rings is 2. The summed E-state index contributed by atoms with van der Waals surface area (Å²) >= 11 is 1.54. The van der Waals surface area contributed by atoms with Crippen molar-refractivity contribution in [1.29, 1.82) is 0 Å². The molecule has 0 aromatic carbocycles. The fourth-order valence-corrected chi connectivity index (χ4v) is 4.37. The Morgan fingerprint density at radius 2 is 2.15 bits per heavy atom. The van der Waals surface area contributed by atoms with Crippen LogP contribution in [0.1, 0.15) is 62.4 Å². The summed E-state index contributed by atoms with van der Waals surface area (Å²) in [7, 11) is 0. The molecule has 2 atom stereocenters. The largest absolute Gasteiger partial charge is 0.488 e. The predicted molar refractivity (Wildman–Crippen MR) is 108 cm³/mol. The Kier molecular flexibility index (Phi) is 5.08. The summed E-state index contributed by atoms with van der Waals surface area (Å²) < 4.78 is 6.22. The second-order valence-corrected chi connectivity index (χ2v) is 8.72. The fraction of sp³-hybridized carbons (Fsp3) is 0.476. The third-order valence-electron chi connectivity index (χ3n) is 5.21. The summed E-state index contributed by atoms with van der Waals surface area (Å²) in [4.78, 5) is 21.9. The zero-order valence-corrected chi connectivity index (χ0v) is 16.8. The molecule has 1 N–H and O–H groups in total. The van der Waals surface area contributed by atoms with Crippen LogP contribution in [-0.2, 0) is 11.2 Å². The van der Waals surface area contributed by atoms with Gasteiger partial charge in [-0.3, -0.25) is 9.78 Å². The lowest BCUT2D eigenvalue weighted by molar-refractivity contribution is -0.113. The lowest BCUT2D eigenvalue weighted by Gasteiger charge is -2.28. The van der Waals surface area contributed by atoms with Crippen molar-refractivity contribution in [3.05, 3.63) is 41.3 Å². The minimum absolute atomic E-state index is 0.0188. The van der Waals surface area contributed by atoms with Gasteiger partial charge in [-0.2, -0.15) is 0 Å². The van der Waals surface area contributed by atoms with E-state index in [1.54, 1.807) is 11.8 Å². The van der Waals surface area contributed by atoms with Crippen LogP contribution in [-0.4, -0.2) is 27.7 Å². The summed E-state index contributed by atoms with van der Waals surface area (Å²) in [6, 6.07) is 6.32. The highest BCUT2D eigenvalue weighted by atomic mass is 32.2. The van der Waals surface area contributed by atoms with Gasteiger partial charge < -0.3 is 10.1 Å². The first-order chi connectivity index (χ1) is 13.0. The number of amides is 1. The number of thioether (sulfide) groups is 1. The molecule has 2 aromatic heterocycles. The van der Waals surface area contributed by atoms with Crippen LogP contribution < -0.4 is 10.1 Å². The van der Waals surface area contributed by atoms with E-state index < -0.39 is 0 Å². The van der Waals surface area contributed by atoms with Gasteiger partial charge in [0.2, 0.25) is 5.91 Å². The van der Waals surface area contributed by atoms with E-state index >= 15 is 0 Å². The van der Waals surface area contributed by atoms with E-state index in [0.29, 0.717) is 17.5 Å². The SMILES string of the molecule is CC(C)c1cc2c(cn1)OC(CC(C)c1ccc3c(n1)NC(=O)CS3)CC2. The van der Waals surface area contributed by atoms with Crippen LogP contribution in [0.3, 0.4) is 0 Å². The molecule has 0 spiro atoms. The topological polar surface area (TPSA) is 64.1 Å². The van der Waals surface area contributed by atoms with E-state index in [4.69, 9.17) is 4.74 Å². The van der Waals surface area contributed by atoms with Crippen LogP contribution in [0.25, 0.3) is 0 Å². The minimum Gasteiger partial charge on any atom is -0.488 e. The van der Waals surface area contributed by atoms with Crippen LogP contribution in [0.2, 0.25) is 0 Å². The third kappa shape index (κ3) is 3.95. The molecule has 0 fully saturated rings. The maximum absolute atomic E-state index is 11.6. The average molecular weight is 384 g/mol. The number of fused-ring (bicyclic) bond motifs is 2. The quantitative estimate of drug-likeness (QED) is 0.840. The molecule has 5 nitrogen and oxygen atoms in total. The predicted octanol–water partition coefficient (Wildman–Crippen LogP) is 4.53. The Labute approximate surface area is 164 Å².